The molecular formula is C16H20N2O. The summed E-state index contributed by atoms with van der Waals surface area (Å²) in [6.45, 7) is 3.74. The maximum atomic E-state index is 11.2. The second kappa shape index (κ2) is 4.49. The molecular weight excluding hydrogens is 236 g/mol. The van der Waals surface area contributed by atoms with Gasteiger partial charge in [-0.15, -0.1) is 0 Å². The summed E-state index contributed by atoms with van der Waals surface area (Å²) in [5.41, 5.74) is 5.46. The van der Waals surface area contributed by atoms with E-state index in [0.717, 1.165) is 19.5 Å². The average Bonchev–Trinajstić information content (AvgIpc) is 2.84. The van der Waals surface area contributed by atoms with Crippen LogP contribution < -0.4 is 0 Å². The molecule has 19 heavy (non-hydrogen) atoms. The number of aryl methyl sites for hydroxylation is 2. The highest BCUT2D eigenvalue weighted by molar-refractivity contribution is 5.86. The Balaban J connectivity index is 2.05. The summed E-state index contributed by atoms with van der Waals surface area (Å²) in [7, 11) is 4.24. The van der Waals surface area contributed by atoms with Gasteiger partial charge in [0.2, 0.25) is 0 Å². The number of carbonyl (C=O) groups excluding carboxylic acids is 1. The molecule has 0 radical (unpaired) electrons. The molecule has 3 nitrogen and oxygen atoms in total. The number of hydrogen-bond donors (Lipinski definition) is 0. The molecule has 3 heteroatoms. The van der Waals surface area contributed by atoms with Crippen LogP contribution >= 0.6 is 0 Å². The Labute approximate surface area is 113 Å². The quantitative estimate of drug-likeness (QED) is 0.843. The van der Waals surface area contributed by atoms with Gasteiger partial charge in [0.25, 0.3) is 0 Å². The van der Waals surface area contributed by atoms with Crippen LogP contribution in [0.25, 0.3) is 10.9 Å². The van der Waals surface area contributed by atoms with Crippen molar-refractivity contribution in [2.24, 2.45) is 7.05 Å². The van der Waals surface area contributed by atoms with E-state index in [1.165, 1.54) is 27.6 Å². The smallest absolute Gasteiger partial charge is 0.130 e. The van der Waals surface area contributed by atoms with Crippen molar-refractivity contribution < 1.29 is 4.79 Å². The second-order valence-corrected chi connectivity index (χ2v) is 5.78. The van der Waals surface area contributed by atoms with E-state index in [4.69, 9.17) is 0 Å². The number of nitrogens with zero attached hydrogens (tertiary/aromatic N) is 2. The molecule has 3 rings (SSSR count). The summed E-state index contributed by atoms with van der Waals surface area (Å²) in [6, 6.07) is 4.63. The number of rotatable bonds is 3. The number of benzene rings is 1. The Morgan fingerprint density at radius 1 is 1.21 bits per heavy atom. The van der Waals surface area contributed by atoms with E-state index in [1.807, 2.05) is 0 Å². The first-order valence-corrected chi connectivity index (χ1v) is 6.82. The molecule has 0 atom stereocenters. The Bertz CT molecular complexity index is 654. The predicted molar refractivity (Wildman–Crippen MR) is 77.1 cm³/mol. The Morgan fingerprint density at radius 3 is 2.58 bits per heavy atom. The third kappa shape index (κ3) is 2.19. The zero-order valence-corrected chi connectivity index (χ0v) is 11.9. The van der Waals surface area contributed by atoms with Gasteiger partial charge in [-0.25, -0.2) is 0 Å². The van der Waals surface area contributed by atoms with Crippen molar-refractivity contribution >= 4 is 16.7 Å². The summed E-state index contributed by atoms with van der Waals surface area (Å²) < 4.78 is 2.18. The first-order chi connectivity index (χ1) is 9.04. The maximum absolute atomic E-state index is 11.2. The second-order valence-electron chi connectivity index (χ2n) is 5.78. The van der Waals surface area contributed by atoms with Crippen LogP contribution in [0.15, 0.2) is 18.3 Å². The van der Waals surface area contributed by atoms with E-state index in [1.54, 1.807) is 6.92 Å². The Hall–Kier alpha value is -1.61. The molecule has 2 heterocycles. The van der Waals surface area contributed by atoms with Gasteiger partial charge in [-0.1, -0.05) is 0 Å². The van der Waals surface area contributed by atoms with Gasteiger partial charge < -0.3 is 9.36 Å². The van der Waals surface area contributed by atoms with E-state index >= 15 is 0 Å². The fraction of sp³-hybridized carbons (Fsp3) is 0.438. The van der Waals surface area contributed by atoms with Crippen molar-refractivity contribution in [3.05, 3.63) is 35.0 Å². The molecule has 0 bridgehead atoms. The van der Waals surface area contributed by atoms with Gasteiger partial charge in [0.15, 0.2) is 0 Å². The SMILES string of the molecule is CC(=O)CCc1cn(C)c2cc3c(cc12)CN(C)C3. The molecule has 1 aliphatic heterocycles. The minimum atomic E-state index is 0.262. The molecule has 0 N–H and O–H groups in total. The largest absolute Gasteiger partial charge is 0.350 e. The molecule has 0 fully saturated rings. The van der Waals surface area contributed by atoms with E-state index < -0.39 is 0 Å². The Morgan fingerprint density at radius 2 is 1.89 bits per heavy atom. The zero-order valence-electron chi connectivity index (χ0n) is 11.9. The van der Waals surface area contributed by atoms with E-state index in [-0.39, 0.29) is 5.78 Å². The molecule has 1 aromatic heterocycles. The molecule has 1 aliphatic rings. The third-order valence-corrected chi connectivity index (χ3v) is 4.02. The van der Waals surface area contributed by atoms with E-state index in [2.05, 4.69) is 41.9 Å². The monoisotopic (exact) mass is 256 g/mol. The van der Waals surface area contributed by atoms with Gasteiger partial charge in [-0.3, -0.25) is 4.90 Å². The van der Waals surface area contributed by atoms with Crippen LogP contribution in [0.5, 0.6) is 0 Å². The minimum Gasteiger partial charge on any atom is -0.350 e. The van der Waals surface area contributed by atoms with Gasteiger partial charge in [0.05, 0.1) is 0 Å². The van der Waals surface area contributed by atoms with Crippen molar-refractivity contribution in [3.8, 4) is 0 Å². The lowest BCUT2D eigenvalue weighted by Gasteiger charge is -2.02. The Kier molecular flexibility index (Phi) is 2.94. The van der Waals surface area contributed by atoms with Crippen LogP contribution in [0.4, 0.5) is 0 Å². The van der Waals surface area contributed by atoms with Crippen molar-refractivity contribution in [1.29, 1.82) is 0 Å². The third-order valence-electron chi connectivity index (χ3n) is 4.02. The summed E-state index contributed by atoms with van der Waals surface area (Å²) >= 11 is 0. The number of fused-ring (bicyclic) bond motifs is 2. The molecule has 0 amide bonds. The first kappa shape index (κ1) is 12.4. The standard InChI is InChI=1S/C16H20N2O/c1-11(19)4-5-12-10-18(3)16-7-14-9-17(2)8-13(14)6-15(12)16/h6-7,10H,4-5,8-9H2,1-3H3. The number of aromatic nitrogens is 1. The van der Waals surface area contributed by atoms with E-state index in [9.17, 15) is 4.79 Å². The summed E-state index contributed by atoms with van der Waals surface area (Å²) in [4.78, 5) is 13.5. The molecule has 100 valence electrons. The number of hydrogen-bond acceptors (Lipinski definition) is 2. The van der Waals surface area contributed by atoms with E-state index in [0.29, 0.717) is 6.42 Å². The van der Waals surface area contributed by atoms with Gasteiger partial charge in [-0.2, -0.15) is 0 Å². The average molecular weight is 256 g/mol. The van der Waals surface area contributed by atoms with Gasteiger partial charge in [0, 0.05) is 43.7 Å². The van der Waals surface area contributed by atoms with Crippen LogP contribution in [0.1, 0.15) is 30.0 Å². The highest BCUT2D eigenvalue weighted by Crippen LogP contribution is 2.30. The van der Waals surface area contributed by atoms with Crippen molar-refractivity contribution in [2.45, 2.75) is 32.9 Å². The lowest BCUT2D eigenvalue weighted by atomic mass is 10.0. The van der Waals surface area contributed by atoms with Crippen LogP contribution in [-0.4, -0.2) is 22.3 Å². The maximum Gasteiger partial charge on any atom is 0.130 e. The molecule has 1 aromatic carbocycles. The lowest BCUT2D eigenvalue weighted by molar-refractivity contribution is -0.116. The van der Waals surface area contributed by atoms with Crippen molar-refractivity contribution in [3.63, 3.8) is 0 Å². The van der Waals surface area contributed by atoms with Crippen LogP contribution in [0, 0.1) is 0 Å². The molecule has 2 aromatic rings. The van der Waals surface area contributed by atoms with Gasteiger partial charge in [-0.05, 0) is 49.2 Å². The van der Waals surface area contributed by atoms with Gasteiger partial charge in [0.1, 0.15) is 5.78 Å². The zero-order chi connectivity index (χ0) is 13.6. The normalized spacial score (nSPS) is 15.1. The summed E-state index contributed by atoms with van der Waals surface area (Å²) in [6.07, 6.45) is 3.66. The summed E-state index contributed by atoms with van der Waals surface area (Å²) in [5, 5.41) is 1.32. The van der Waals surface area contributed by atoms with Crippen molar-refractivity contribution in [2.75, 3.05) is 7.05 Å². The minimum absolute atomic E-state index is 0.262. The molecule has 0 aliphatic carbocycles. The highest BCUT2D eigenvalue weighted by Gasteiger charge is 2.18. The topological polar surface area (TPSA) is 25.2 Å². The molecule has 0 unspecified atom stereocenters. The fourth-order valence-electron chi connectivity index (χ4n) is 3.04. The fourth-order valence-corrected chi connectivity index (χ4v) is 3.04. The molecule has 0 saturated heterocycles. The lowest BCUT2D eigenvalue weighted by Crippen LogP contribution is -2.07. The summed E-state index contributed by atoms with van der Waals surface area (Å²) in [5.74, 6) is 0.262. The number of Topliss-reactive ketones (excluding diaryl/α,β-unsaturated/α-hetero) is 1. The van der Waals surface area contributed by atoms with Crippen LogP contribution in [0.3, 0.4) is 0 Å². The van der Waals surface area contributed by atoms with Crippen LogP contribution in [-0.2, 0) is 31.4 Å². The molecule has 0 spiro atoms. The predicted octanol–water partition coefficient (Wildman–Crippen LogP) is 2.65. The highest BCUT2D eigenvalue weighted by atomic mass is 16.1. The van der Waals surface area contributed by atoms with Crippen LogP contribution in [0.2, 0.25) is 0 Å². The van der Waals surface area contributed by atoms with Gasteiger partial charge >= 0.3 is 0 Å². The molecule has 0 saturated carbocycles. The first-order valence-electron chi connectivity index (χ1n) is 6.82. The number of ketones is 1. The number of carbonyl (C=O) groups is 1. The van der Waals surface area contributed by atoms with Crippen molar-refractivity contribution in [1.82, 2.24) is 9.47 Å².